The van der Waals surface area contributed by atoms with E-state index >= 15 is 0 Å². The van der Waals surface area contributed by atoms with Crippen LogP contribution in [0.25, 0.3) is 55.3 Å². The third-order valence-electron chi connectivity index (χ3n) is 14.6. The molecule has 0 unspecified atom stereocenters. The number of anilines is 3. The predicted molar refractivity (Wildman–Crippen MR) is 262 cm³/mol. The van der Waals surface area contributed by atoms with Crippen molar-refractivity contribution in [3.8, 4) is 33.4 Å². The molecule has 2 heteroatoms. The Hall–Kier alpha value is -8.20. The summed E-state index contributed by atoms with van der Waals surface area (Å²) in [5, 5.41) is 2.21. The molecule has 0 saturated carbocycles. The quantitative estimate of drug-likeness (QED) is 0.172. The minimum atomic E-state index is -0.534. The van der Waals surface area contributed by atoms with Gasteiger partial charge in [0.2, 0.25) is 0 Å². The lowest BCUT2D eigenvalue weighted by Gasteiger charge is -2.35. The van der Waals surface area contributed by atoms with Gasteiger partial charge in [0, 0.05) is 27.8 Å². The van der Waals surface area contributed by atoms with Crippen LogP contribution in [0.15, 0.2) is 241 Å². The van der Waals surface area contributed by atoms with Crippen LogP contribution in [0.5, 0.6) is 0 Å². The molecule has 0 radical (unpaired) electrons. The third-order valence-corrected chi connectivity index (χ3v) is 14.6. The van der Waals surface area contributed by atoms with E-state index in [1.807, 2.05) is 6.07 Å². The molecule has 3 aliphatic carbocycles. The summed E-state index contributed by atoms with van der Waals surface area (Å²) < 4.78 is 6.41. The fourth-order valence-electron chi connectivity index (χ4n) is 12.1. The highest BCUT2D eigenvalue weighted by Gasteiger charge is 2.52. The number of hydrogen-bond acceptors (Lipinski definition) is 2. The van der Waals surface area contributed by atoms with Crippen LogP contribution in [-0.2, 0) is 10.8 Å². The van der Waals surface area contributed by atoms with E-state index < -0.39 is 10.8 Å². The van der Waals surface area contributed by atoms with E-state index in [9.17, 15) is 0 Å². The Morgan fingerprint density at radius 2 is 0.688 bits per heavy atom. The summed E-state index contributed by atoms with van der Waals surface area (Å²) in [4.78, 5) is 2.47. The molecular formula is C62H39NO. The summed E-state index contributed by atoms with van der Waals surface area (Å²) in [7, 11) is 0. The molecule has 0 fully saturated rings. The normalized spacial score (nSPS) is 14.2. The minimum absolute atomic E-state index is 0.415. The van der Waals surface area contributed by atoms with Crippen LogP contribution in [0.4, 0.5) is 17.1 Å². The number of nitrogens with zero attached hydrogens (tertiary/aromatic N) is 1. The molecule has 2 nitrogen and oxygen atoms in total. The summed E-state index contributed by atoms with van der Waals surface area (Å²) in [6, 6.07) is 87.7. The number of furan rings is 1. The Balaban J connectivity index is 1.05. The number of para-hydroxylation sites is 1. The molecule has 1 heterocycles. The van der Waals surface area contributed by atoms with Crippen LogP contribution < -0.4 is 4.90 Å². The molecule has 11 aromatic rings. The van der Waals surface area contributed by atoms with Crippen molar-refractivity contribution < 1.29 is 4.42 Å². The zero-order valence-corrected chi connectivity index (χ0v) is 34.9. The van der Waals surface area contributed by atoms with Crippen molar-refractivity contribution in [1.29, 1.82) is 0 Å². The average Bonchev–Trinajstić information content (AvgIpc) is 4.07. The van der Waals surface area contributed by atoms with E-state index in [-0.39, 0.29) is 0 Å². The number of rotatable bonds is 5. The molecule has 0 amide bonds. The average molecular weight is 814 g/mol. The van der Waals surface area contributed by atoms with Crippen molar-refractivity contribution in [2.45, 2.75) is 10.8 Å². The van der Waals surface area contributed by atoms with Crippen molar-refractivity contribution in [2.75, 3.05) is 4.90 Å². The topological polar surface area (TPSA) is 16.4 Å². The van der Waals surface area contributed by atoms with Gasteiger partial charge in [-0.3, -0.25) is 0 Å². The molecule has 0 bridgehead atoms. The van der Waals surface area contributed by atoms with Crippen LogP contribution in [0, 0.1) is 0 Å². The third kappa shape index (κ3) is 4.54. The fourth-order valence-corrected chi connectivity index (χ4v) is 12.1. The van der Waals surface area contributed by atoms with Gasteiger partial charge in [-0.2, -0.15) is 0 Å². The Labute approximate surface area is 372 Å². The van der Waals surface area contributed by atoms with Crippen molar-refractivity contribution in [3.05, 3.63) is 281 Å². The Bertz CT molecular complexity index is 3610. The van der Waals surface area contributed by atoms with Crippen molar-refractivity contribution in [2.24, 2.45) is 0 Å². The maximum Gasteiger partial charge on any atom is 0.135 e. The van der Waals surface area contributed by atoms with Crippen LogP contribution in [0.2, 0.25) is 0 Å². The first-order valence-electron chi connectivity index (χ1n) is 22.3. The van der Waals surface area contributed by atoms with Crippen molar-refractivity contribution >= 4 is 39.0 Å². The minimum Gasteiger partial charge on any atom is -0.456 e. The standard InChI is InChI=1S/C62H39NO/c1-3-17-40(18-4-1)61(41-19-5-2-6-20-41)53-26-12-7-23-47(53)49-34-31-44(39-58(49)61)63(43-33-36-60-52(38-43)50-25-11-16-30-59(50)64-60)42-32-35-57-51(37-42)48-24-10-15-29-56(48)62(57)54-27-13-8-21-45(54)46-22-9-14-28-55(46)62/h1-39H. The first kappa shape index (κ1) is 35.4. The lowest BCUT2D eigenvalue weighted by atomic mass is 9.67. The second-order valence-corrected chi connectivity index (χ2v) is 17.5. The molecule has 298 valence electrons. The highest BCUT2D eigenvalue weighted by molar-refractivity contribution is 6.07. The lowest BCUT2D eigenvalue weighted by Crippen LogP contribution is -2.28. The smallest absolute Gasteiger partial charge is 0.135 e. The van der Waals surface area contributed by atoms with Gasteiger partial charge in [-0.1, -0.05) is 188 Å². The van der Waals surface area contributed by atoms with Crippen molar-refractivity contribution in [1.82, 2.24) is 0 Å². The molecule has 14 rings (SSSR count). The molecule has 0 saturated heterocycles. The van der Waals surface area contributed by atoms with Gasteiger partial charge in [-0.15, -0.1) is 0 Å². The highest BCUT2D eigenvalue weighted by Crippen LogP contribution is 2.64. The molecule has 0 atom stereocenters. The van der Waals surface area contributed by atoms with Gasteiger partial charge >= 0.3 is 0 Å². The SMILES string of the molecule is c1ccc(C2(c3ccccc3)c3ccccc3-c3ccc(N(c4ccc5c(c4)-c4ccccc4C54c5ccccc5-c5ccccc54)c4ccc5oc6ccccc6c5c4)cc32)cc1. The van der Waals surface area contributed by atoms with Crippen LogP contribution in [0.3, 0.4) is 0 Å². The molecule has 64 heavy (non-hydrogen) atoms. The van der Waals surface area contributed by atoms with Crippen LogP contribution in [0.1, 0.15) is 44.5 Å². The van der Waals surface area contributed by atoms with Gasteiger partial charge in [-0.25, -0.2) is 0 Å². The van der Waals surface area contributed by atoms with Gasteiger partial charge in [0.1, 0.15) is 11.2 Å². The summed E-state index contributed by atoms with van der Waals surface area (Å²) >= 11 is 0. The maximum atomic E-state index is 6.41. The van der Waals surface area contributed by atoms with E-state index in [0.29, 0.717) is 0 Å². The molecule has 1 aromatic heterocycles. The number of hydrogen-bond donors (Lipinski definition) is 0. The second-order valence-electron chi connectivity index (χ2n) is 17.5. The zero-order chi connectivity index (χ0) is 42.0. The predicted octanol–water partition coefficient (Wildman–Crippen LogP) is 15.8. The second kappa shape index (κ2) is 13.2. The van der Waals surface area contributed by atoms with E-state index in [4.69, 9.17) is 4.42 Å². The summed E-state index contributed by atoms with van der Waals surface area (Å²) in [5.41, 5.74) is 22.2. The summed E-state index contributed by atoms with van der Waals surface area (Å²) in [6.07, 6.45) is 0. The molecule has 0 N–H and O–H groups in total. The molecule has 1 spiro atoms. The van der Waals surface area contributed by atoms with Gasteiger partial charge in [0.05, 0.1) is 10.8 Å². The largest absolute Gasteiger partial charge is 0.456 e. The van der Waals surface area contributed by atoms with Gasteiger partial charge in [-0.05, 0) is 126 Å². The lowest BCUT2D eigenvalue weighted by molar-refractivity contribution is 0.669. The molecule has 0 aliphatic heterocycles. The van der Waals surface area contributed by atoms with E-state index in [1.165, 1.54) is 77.9 Å². The van der Waals surface area contributed by atoms with E-state index in [0.717, 1.165) is 39.0 Å². The maximum absolute atomic E-state index is 6.41. The van der Waals surface area contributed by atoms with Crippen LogP contribution in [-0.4, -0.2) is 0 Å². The summed E-state index contributed by atoms with van der Waals surface area (Å²) in [6.45, 7) is 0. The van der Waals surface area contributed by atoms with Crippen molar-refractivity contribution in [3.63, 3.8) is 0 Å². The van der Waals surface area contributed by atoms with E-state index in [1.54, 1.807) is 0 Å². The van der Waals surface area contributed by atoms with Gasteiger partial charge in [0.15, 0.2) is 0 Å². The monoisotopic (exact) mass is 813 g/mol. The Morgan fingerprint density at radius 3 is 1.31 bits per heavy atom. The molecule has 3 aliphatic rings. The highest BCUT2D eigenvalue weighted by atomic mass is 16.3. The first-order valence-corrected chi connectivity index (χ1v) is 22.3. The Kier molecular flexibility index (Phi) is 7.28. The summed E-state index contributed by atoms with van der Waals surface area (Å²) in [5.74, 6) is 0. The number of fused-ring (bicyclic) bond motifs is 16. The zero-order valence-electron chi connectivity index (χ0n) is 34.9. The van der Waals surface area contributed by atoms with Crippen LogP contribution >= 0.6 is 0 Å². The fraction of sp³-hybridized carbons (Fsp3) is 0.0323. The van der Waals surface area contributed by atoms with Gasteiger partial charge in [0.25, 0.3) is 0 Å². The first-order chi connectivity index (χ1) is 31.7. The number of benzene rings is 10. The van der Waals surface area contributed by atoms with Gasteiger partial charge < -0.3 is 9.32 Å². The molecular weight excluding hydrogens is 775 g/mol. The Morgan fingerprint density at radius 1 is 0.266 bits per heavy atom. The molecule has 10 aromatic carbocycles. The van der Waals surface area contributed by atoms with E-state index in [2.05, 4.69) is 235 Å².